The Morgan fingerprint density at radius 3 is 1.75 bits per heavy atom. The van der Waals surface area contributed by atoms with Gasteiger partial charge in [-0.2, -0.15) is 0 Å². The van der Waals surface area contributed by atoms with Gasteiger partial charge in [-0.1, -0.05) is 0 Å². The van der Waals surface area contributed by atoms with Crippen molar-refractivity contribution in [3.8, 4) is 0 Å². The van der Waals surface area contributed by atoms with Crippen LogP contribution in [-0.2, 0) is 38.7 Å². The molecule has 2 unspecified atom stereocenters. The maximum atomic E-state index is 11.4. The number of ether oxygens (including phenoxy) is 3. The smallest absolute Gasteiger partial charge is 0.747 e. The molecular formula is C9H13NaO9S. The van der Waals surface area contributed by atoms with Crippen molar-refractivity contribution in [2.75, 3.05) is 21.3 Å². The minimum absolute atomic E-state index is 0. The molecule has 0 fully saturated rings. The maximum absolute atomic E-state index is 11.4. The summed E-state index contributed by atoms with van der Waals surface area (Å²) in [6.45, 7) is 0. The summed E-state index contributed by atoms with van der Waals surface area (Å²) < 4.78 is 45.8. The SMILES string of the molecule is COC(=O)CC(C(=O)OC)C(C(=O)OC)S(=O)(=O)[O-].[Na+]. The second kappa shape index (κ2) is 9.29. The van der Waals surface area contributed by atoms with Crippen LogP contribution in [0.5, 0.6) is 0 Å². The van der Waals surface area contributed by atoms with Crippen molar-refractivity contribution >= 4 is 28.0 Å². The average Bonchev–Trinajstić information content (AvgIpc) is 2.34. The Kier molecular flexibility index (Phi) is 10.0. The van der Waals surface area contributed by atoms with Crippen LogP contribution in [-0.4, -0.2) is 57.5 Å². The molecule has 11 heteroatoms. The zero-order chi connectivity index (χ0) is 15.2. The molecule has 0 aromatic heterocycles. The molecule has 0 bridgehead atoms. The van der Waals surface area contributed by atoms with Gasteiger partial charge in [-0.15, -0.1) is 0 Å². The van der Waals surface area contributed by atoms with E-state index in [-0.39, 0.29) is 29.6 Å². The van der Waals surface area contributed by atoms with E-state index >= 15 is 0 Å². The van der Waals surface area contributed by atoms with Gasteiger partial charge in [0.25, 0.3) is 0 Å². The maximum Gasteiger partial charge on any atom is 1.00 e. The molecule has 0 aliphatic heterocycles. The second-order valence-corrected chi connectivity index (χ2v) is 4.84. The van der Waals surface area contributed by atoms with Gasteiger partial charge in [0.05, 0.1) is 33.7 Å². The van der Waals surface area contributed by atoms with Crippen LogP contribution in [0.1, 0.15) is 6.42 Å². The van der Waals surface area contributed by atoms with E-state index in [4.69, 9.17) is 0 Å². The summed E-state index contributed by atoms with van der Waals surface area (Å²) in [5.41, 5.74) is 0. The van der Waals surface area contributed by atoms with E-state index in [2.05, 4.69) is 14.2 Å². The van der Waals surface area contributed by atoms with Crippen LogP contribution in [0.3, 0.4) is 0 Å². The number of carbonyl (C=O) groups excluding carboxylic acids is 3. The van der Waals surface area contributed by atoms with E-state index in [0.29, 0.717) is 0 Å². The molecule has 9 nitrogen and oxygen atoms in total. The fourth-order valence-electron chi connectivity index (χ4n) is 1.33. The first-order chi connectivity index (χ1) is 8.68. The van der Waals surface area contributed by atoms with Gasteiger partial charge in [0.15, 0.2) is 5.25 Å². The van der Waals surface area contributed by atoms with Crippen molar-refractivity contribution in [2.24, 2.45) is 5.92 Å². The predicted octanol–water partition coefficient (Wildman–Crippen LogP) is -4.57. The Morgan fingerprint density at radius 2 is 1.45 bits per heavy atom. The fourth-order valence-corrected chi connectivity index (χ4v) is 2.27. The third-order valence-electron chi connectivity index (χ3n) is 2.23. The third kappa shape index (κ3) is 6.18. The Hall–Kier alpha value is -0.680. The van der Waals surface area contributed by atoms with Gasteiger partial charge in [-0.25, -0.2) is 8.42 Å². The molecule has 0 saturated heterocycles. The third-order valence-corrected chi connectivity index (χ3v) is 3.37. The van der Waals surface area contributed by atoms with Crippen molar-refractivity contribution in [3.63, 3.8) is 0 Å². The summed E-state index contributed by atoms with van der Waals surface area (Å²) in [5, 5.41) is -2.37. The Balaban J connectivity index is 0. The molecular weight excluding hydrogens is 307 g/mol. The normalized spacial score (nSPS) is 13.4. The van der Waals surface area contributed by atoms with Crippen LogP contribution in [0.2, 0.25) is 0 Å². The minimum atomic E-state index is -5.22. The fraction of sp³-hybridized carbons (Fsp3) is 0.667. The van der Waals surface area contributed by atoms with Crippen LogP contribution in [0.15, 0.2) is 0 Å². The zero-order valence-electron chi connectivity index (χ0n) is 11.4. The van der Waals surface area contributed by atoms with Crippen LogP contribution < -0.4 is 29.6 Å². The van der Waals surface area contributed by atoms with Gasteiger partial charge in [0.2, 0.25) is 0 Å². The zero-order valence-corrected chi connectivity index (χ0v) is 14.3. The number of rotatable bonds is 6. The molecule has 0 amide bonds. The summed E-state index contributed by atoms with van der Waals surface area (Å²) in [5.74, 6) is -5.46. The standard InChI is InChI=1S/C9H14O9S.Na/c1-16-6(10)4-5(8(11)17-2)7(9(12)18-3)19(13,14)15;/h5,7H,4H2,1-3H3,(H,13,14,15);/q;+1/p-1. The van der Waals surface area contributed by atoms with E-state index in [1.54, 1.807) is 0 Å². The van der Waals surface area contributed by atoms with Gasteiger partial charge in [-0.05, 0) is 0 Å². The number of esters is 3. The quantitative estimate of drug-likeness (QED) is 0.205. The molecule has 0 aromatic carbocycles. The van der Waals surface area contributed by atoms with E-state index in [9.17, 15) is 27.4 Å². The van der Waals surface area contributed by atoms with Crippen molar-refractivity contribution in [3.05, 3.63) is 0 Å². The van der Waals surface area contributed by atoms with E-state index in [0.717, 1.165) is 21.3 Å². The summed E-state index contributed by atoms with van der Waals surface area (Å²) in [7, 11) is -2.47. The monoisotopic (exact) mass is 320 g/mol. The number of hydrogen-bond acceptors (Lipinski definition) is 9. The first-order valence-corrected chi connectivity index (χ1v) is 6.33. The molecule has 2 atom stereocenters. The average molecular weight is 320 g/mol. The molecule has 110 valence electrons. The number of methoxy groups -OCH3 is 3. The minimum Gasteiger partial charge on any atom is -0.747 e. The van der Waals surface area contributed by atoms with Crippen LogP contribution in [0.25, 0.3) is 0 Å². The van der Waals surface area contributed by atoms with Gasteiger partial charge < -0.3 is 18.8 Å². The first-order valence-electron chi connectivity index (χ1n) is 4.86. The summed E-state index contributed by atoms with van der Waals surface area (Å²) in [6.07, 6.45) is -0.801. The van der Waals surface area contributed by atoms with Crippen molar-refractivity contribution < 1.29 is 71.1 Å². The molecule has 0 spiro atoms. The van der Waals surface area contributed by atoms with Crippen molar-refractivity contribution in [2.45, 2.75) is 11.7 Å². The Bertz CT molecular complexity index is 458. The van der Waals surface area contributed by atoms with Gasteiger partial charge >= 0.3 is 47.5 Å². The molecule has 0 heterocycles. The predicted molar refractivity (Wildman–Crippen MR) is 57.6 cm³/mol. The Morgan fingerprint density at radius 1 is 1.00 bits per heavy atom. The summed E-state index contributed by atoms with van der Waals surface area (Å²) in [4.78, 5) is 33.9. The van der Waals surface area contributed by atoms with Gasteiger partial charge in [-0.3, -0.25) is 14.4 Å². The molecule has 0 saturated carbocycles. The van der Waals surface area contributed by atoms with Gasteiger partial charge in [0, 0.05) is 0 Å². The first kappa shape index (κ1) is 21.6. The van der Waals surface area contributed by atoms with E-state index in [1.807, 2.05) is 0 Å². The van der Waals surface area contributed by atoms with Crippen molar-refractivity contribution in [1.29, 1.82) is 0 Å². The van der Waals surface area contributed by atoms with E-state index < -0.39 is 45.6 Å². The number of hydrogen-bond donors (Lipinski definition) is 0. The molecule has 0 rings (SSSR count). The molecule has 0 radical (unpaired) electrons. The molecule has 0 aliphatic carbocycles. The Labute approximate surface area is 138 Å². The van der Waals surface area contributed by atoms with Crippen LogP contribution in [0.4, 0.5) is 0 Å². The van der Waals surface area contributed by atoms with Crippen molar-refractivity contribution in [1.82, 2.24) is 0 Å². The van der Waals surface area contributed by atoms with E-state index in [1.165, 1.54) is 0 Å². The molecule has 0 N–H and O–H groups in total. The van der Waals surface area contributed by atoms with Crippen LogP contribution in [0, 0.1) is 5.92 Å². The molecule has 20 heavy (non-hydrogen) atoms. The van der Waals surface area contributed by atoms with Crippen LogP contribution >= 0.6 is 0 Å². The summed E-state index contributed by atoms with van der Waals surface area (Å²) in [6, 6.07) is 0. The largest absolute Gasteiger partial charge is 1.00 e. The molecule has 0 aliphatic rings. The second-order valence-electron chi connectivity index (χ2n) is 3.35. The topological polar surface area (TPSA) is 136 Å². The van der Waals surface area contributed by atoms with Gasteiger partial charge in [0.1, 0.15) is 10.1 Å². The molecule has 0 aromatic rings. The number of carbonyl (C=O) groups is 3. The summed E-state index contributed by atoms with van der Waals surface area (Å²) >= 11 is 0.